The van der Waals surface area contributed by atoms with Crippen LogP contribution in [0.25, 0.3) is 5.69 Å². The molecule has 1 atom stereocenters. The number of rotatable bonds is 6. The van der Waals surface area contributed by atoms with Crippen molar-refractivity contribution in [2.24, 2.45) is 0 Å². The summed E-state index contributed by atoms with van der Waals surface area (Å²) < 4.78 is 7.52. The molecule has 3 heterocycles. The van der Waals surface area contributed by atoms with Gasteiger partial charge in [0.2, 0.25) is 0 Å². The van der Waals surface area contributed by atoms with E-state index in [1.807, 2.05) is 42.5 Å². The number of anilines is 1. The summed E-state index contributed by atoms with van der Waals surface area (Å²) in [6, 6.07) is 13.1. The lowest BCUT2D eigenvalue weighted by molar-refractivity contribution is 0.0816. The Balaban J connectivity index is 1.49. The maximum atomic E-state index is 13.0. The van der Waals surface area contributed by atoms with E-state index < -0.39 is 0 Å². The predicted octanol–water partition coefficient (Wildman–Crippen LogP) is 2.88. The molecule has 144 valence electrons. The molecule has 8 nitrogen and oxygen atoms in total. The maximum Gasteiger partial charge on any atom is 0.322 e. The Hall–Kier alpha value is -3.26. The fraction of sp³-hybridized carbons (Fsp3) is 0.300. The SMILES string of the molecule is O=C(Nc1cccc(-n2cnnc2)c1)N(Cc1ccccn1)CC1CCCO1. The molecule has 2 amide bonds. The van der Waals surface area contributed by atoms with Crippen molar-refractivity contribution in [3.05, 3.63) is 67.0 Å². The van der Waals surface area contributed by atoms with Crippen molar-refractivity contribution in [3.8, 4) is 5.69 Å². The lowest BCUT2D eigenvalue weighted by Gasteiger charge is -2.25. The number of urea groups is 1. The molecule has 1 aliphatic heterocycles. The van der Waals surface area contributed by atoms with E-state index in [2.05, 4.69) is 20.5 Å². The number of hydrogen-bond donors (Lipinski definition) is 1. The molecule has 0 bridgehead atoms. The van der Waals surface area contributed by atoms with Crippen LogP contribution < -0.4 is 5.32 Å². The Morgan fingerprint density at radius 1 is 1.21 bits per heavy atom. The second-order valence-corrected chi connectivity index (χ2v) is 6.69. The van der Waals surface area contributed by atoms with Gasteiger partial charge in [0.05, 0.1) is 24.0 Å². The Kier molecular flexibility index (Phi) is 5.58. The molecular weight excluding hydrogens is 356 g/mol. The highest BCUT2D eigenvalue weighted by Gasteiger charge is 2.23. The van der Waals surface area contributed by atoms with Gasteiger partial charge in [0.15, 0.2) is 0 Å². The zero-order chi connectivity index (χ0) is 19.2. The Labute approximate surface area is 163 Å². The molecule has 0 spiro atoms. The van der Waals surface area contributed by atoms with Gasteiger partial charge in [-0.2, -0.15) is 0 Å². The third-order valence-electron chi connectivity index (χ3n) is 4.63. The van der Waals surface area contributed by atoms with Crippen LogP contribution in [0.1, 0.15) is 18.5 Å². The summed E-state index contributed by atoms with van der Waals surface area (Å²) in [6.45, 7) is 1.72. The van der Waals surface area contributed by atoms with Crippen molar-refractivity contribution < 1.29 is 9.53 Å². The van der Waals surface area contributed by atoms with Crippen LogP contribution in [0.4, 0.5) is 10.5 Å². The van der Waals surface area contributed by atoms with Crippen molar-refractivity contribution in [2.45, 2.75) is 25.5 Å². The highest BCUT2D eigenvalue weighted by molar-refractivity contribution is 5.89. The van der Waals surface area contributed by atoms with Crippen LogP contribution >= 0.6 is 0 Å². The topological polar surface area (TPSA) is 85.2 Å². The predicted molar refractivity (Wildman–Crippen MR) is 104 cm³/mol. The zero-order valence-electron chi connectivity index (χ0n) is 15.4. The number of amides is 2. The number of pyridine rings is 1. The van der Waals surface area contributed by atoms with Gasteiger partial charge in [-0.1, -0.05) is 12.1 Å². The number of nitrogens with zero attached hydrogens (tertiary/aromatic N) is 5. The Morgan fingerprint density at radius 3 is 2.86 bits per heavy atom. The summed E-state index contributed by atoms with van der Waals surface area (Å²) in [5.41, 5.74) is 2.42. The molecule has 1 fully saturated rings. The van der Waals surface area contributed by atoms with Gasteiger partial charge in [-0.3, -0.25) is 9.55 Å². The number of ether oxygens (including phenoxy) is 1. The van der Waals surface area contributed by atoms with E-state index >= 15 is 0 Å². The van der Waals surface area contributed by atoms with E-state index in [0.29, 0.717) is 18.8 Å². The minimum absolute atomic E-state index is 0.0674. The monoisotopic (exact) mass is 378 g/mol. The minimum atomic E-state index is -0.179. The van der Waals surface area contributed by atoms with Crippen molar-refractivity contribution in [2.75, 3.05) is 18.5 Å². The fourth-order valence-corrected chi connectivity index (χ4v) is 3.22. The van der Waals surface area contributed by atoms with Crippen LogP contribution in [0.2, 0.25) is 0 Å². The van der Waals surface area contributed by atoms with Crippen LogP contribution in [-0.4, -0.2) is 49.9 Å². The molecule has 0 saturated carbocycles. The highest BCUT2D eigenvalue weighted by Crippen LogP contribution is 2.18. The molecular formula is C20H22N6O2. The lowest BCUT2D eigenvalue weighted by atomic mass is 10.2. The number of hydrogen-bond acceptors (Lipinski definition) is 5. The van der Waals surface area contributed by atoms with Crippen LogP contribution in [0.15, 0.2) is 61.3 Å². The largest absolute Gasteiger partial charge is 0.376 e. The molecule has 28 heavy (non-hydrogen) atoms. The van der Waals surface area contributed by atoms with Gasteiger partial charge in [0.1, 0.15) is 12.7 Å². The lowest BCUT2D eigenvalue weighted by Crippen LogP contribution is -2.39. The summed E-state index contributed by atoms with van der Waals surface area (Å²) in [5, 5.41) is 10.6. The molecule has 0 radical (unpaired) electrons. The van der Waals surface area contributed by atoms with Gasteiger partial charge in [-0.15, -0.1) is 10.2 Å². The molecule has 1 unspecified atom stereocenters. The van der Waals surface area contributed by atoms with Gasteiger partial charge in [-0.25, -0.2) is 4.79 Å². The average Bonchev–Trinajstić information content (AvgIpc) is 3.43. The van der Waals surface area contributed by atoms with Gasteiger partial charge in [0, 0.05) is 25.0 Å². The first-order chi connectivity index (χ1) is 13.8. The summed E-state index contributed by atoms with van der Waals surface area (Å²) in [4.78, 5) is 19.1. The van der Waals surface area contributed by atoms with E-state index in [-0.39, 0.29) is 12.1 Å². The fourth-order valence-electron chi connectivity index (χ4n) is 3.22. The Morgan fingerprint density at radius 2 is 2.11 bits per heavy atom. The number of benzene rings is 1. The number of carbonyl (C=O) groups excluding carboxylic acids is 1. The first-order valence-corrected chi connectivity index (χ1v) is 9.30. The standard InChI is InChI=1S/C20H22N6O2/c27-20(24-16-6-3-7-18(11-16)26-14-22-23-15-26)25(13-19-8-4-10-28-19)12-17-5-1-2-9-21-17/h1-3,5-7,9,11,14-15,19H,4,8,10,12-13H2,(H,24,27). The normalized spacial score (nSPS) is 16.1. The first kappa shape index (κ1) is 18.1. The molecule has 4 rings (SSSR count). The maximum absolute atomic E-state index is 13.0. The smallest absolute Gasteiger partial charge is 0.322 e. The summed E-state index contributed by atoms with van der Waals surface area (Å²) in [5.74, 6) is 0. The van der Waals surface area contributed by atoms with Gasteiger partial charge in [-0.05, 0) is 43.2 Å². The van der Waals surface area contributed by atoms with Crippen molar-refractivity contribution in [3.63, 3.8) is 0 Å². The summed E-state index contributed by atoms with van der Waals surface area (Å²) in [7, 11) is 0. The van der Waals surface area contributed by atoms with E-state index in [4.69, 9.17) is 4.74 Å². The van der Waals surface area contributed by atoms with Gasteiger partial charge >= 0.3 is 6.03 Å². The third-order valence-corrected chi connectivity index (χ3v) is 4.63. The number of carbonyl (C=O) groups is 1. The van der Waals surface area contributed by atoms with Gasteiger partial charge < -0.3 is 15.0 Å². The number of nitrogens with one attached hydrogen (secondary N) is 1. The zero-order valence-corrected chi connectivity index (χ0v) is 15.4. The van der Waals surface area contributed by atoms with Crippen LogP contribution in [0.3, 0.4) is 0 Å². The molecule has 1 saturated heterocycles. The van der Waals surface area contributed by atoms with E-state index in [1.54, 1.807) is 28.3 Å². The number of aromatic nitrogens is 4. The van der Waals surface area contributed by atoms with Crippen LogP contribution in [0, 0.1) is 0 Å². The molecule has 0 aliphatic carbocycles. The molecule has 1 aromatic carbocycles. The second-order valence-electron chi connectivity index (χ2n) is 6.69. The molecule has 2 aromatic heterocycles. The molecule has 8 heteroatoms. The quantitative estimate of drug-likeness (QED) is 0.713. The van der Waals surface area contributed by atoms with Gasteiger partial charge in [0.25, 0.3) is 0 Å². The second kappa shape index (κ2) is 8.62. The molecule has 1 N–H and O–H groups in total. The highest BCUT2D eigenvalue weighted by atomic mass is 16.5. The Bertz CT molecular complexity index is 894. The summed E-state index contributed by atoms with van der Waals surface area (Å²) >= 11 is 0. The average molecular weight is 378 g/mol. The molecule has 1 aliphatic rings. The minimum Gasteiger partial charge on any atom is -0.376 e. The van der Waals surface area contributed by atoms with Crippen LogP contribution in [0.5, 0.6) is 0 Å². The first-order valence-electron chi connectivity index (χ1n) is 9.30. The van der Waals surface area contributed by atoms with E-state index in [0.717, 1.165) is 30.8 Å². The summed E-state index contributed by atoms with van der Waals surface area (Å²) in [6.07, 6.45) is 7.04. The molecule has 3 aromatic rings. The van der Waals surface area contributed by atoms with Crippen molar-refractivity contribution >= 4 is 11.7 Å². The van der Waals surface area contributed by atoms with Crippen LogP contribution in [-0.2, 0) is 11.3 Å². The van der Waals surface area contributed by atoms with Crippen molar-refractivity contribution in [1.29, 1.82) is 0 Å². The van der Waals surface area contributed by atoms with Crippen molar-refractivity contribution in [1.82, 2.24) is 24.6 Å². The van der Waals surface area contributed by atoms with E-state index in [9.17, 15) is 4.79 Å². The van der Waals surface area contributed by atoms with E-state index in [1.165, 1.54) is 0 Å². The third kappa shape index (κ3) is 4.52.